The second kappa shape index (κ2) is 2.76. The van der Waals surface area contributed by atoms with Gasteiger partial charge in [0.05, 0.1) is 0 Å². The number of aromatic nitrogens is 1. The fraction of sp³-hybridized carbons (Fsp3) is 0. The maximum absolute atomic E-state index is 12.3. The summed E-state index contributed by atoms with van der Waals surface area (Å²) in [4.78, 5) is 12.6. The van der Waals surface area contributed by atoms with Crippen LogP contribution in [0.15, 0.2) is 15.8 Å². The van der Waals surface area contributed by atoms with Gasteiger partial charge in [-0.3, -0.25) is 9.78 Å². The minimum atomic E-state index is -0.793. The number of nitrogens with zero attached hydrogens (tertiary/aromatic N) is 1. The fourth-order valence-corrected chi connectivity index (χ4v) is 0.889. The molecule has 0 saturated carbocycles. The number of nitrogens with one attached hydrogen (secondary N) is 1. The Balaban J connectivity index is 3.53. The summed E-state index contributed by atoms with van der Waals surface area (Å²) in [6, 6.07) is 2.58. The minimum absolute atomic E-state index is 0.0498. The lowest BCUT2D eigenvalue weighted by Gasteiger charge is -1.92. The van der Waals surface area contributed by atoms with Crippen LogP contribution < -0.4 is 5.56 Å². The Labute approximate surface area is 66.9 Å². The highest BCUT2D eigenvalue weighted by atomic mass is 32.1. The average Bonchev–Trinajstić information content (AvgIpc) is 1.85. The van der Waals surface area contributed by atoms with Crippen LogP contribution in [0.4, 0.5) is 4.39 Å². The summed E-state index contributed by atoms with van der Waals surface area (Å²) >= 11 is 3.73. The second-order valence-corrected chi connectivity index (χ2v) is 2.30. The van der Waals surface area contributed by atoms with Gasteiger partial charge in [0.2, 0.25) is 0 Å². The maximum Gasteiger partial charge on any atom is 0.269 e. The quantitative estimate of drug-likeness (QED) is 0.444. The third-order valence-corrected chi connectivity index (χ3v) is 1.44. The van der Waals surface area contributed by atoms with Gasteiger partial charge in [0.1, 0.15) is 11.6 Å². The number of thiol groups is 1. The Morgan fingerprint density at radius 1 is 1.73 bits per heavy atom. The Kier molecular flexibility index (Phi) is 1.96. The van der Waals surface area contributed by atoms with Crippen molar-refractivity contribution in [1.82, 2.24) is 4.98 Å². The standard InChI is InChI=1S/C6H3FN2OS/c7-5-1-4(11)3(2-8)6(10)9-5/h1H,(H2,9,10,11). The van der Waals surface area contributed by atoms with E-state index in [0.717, 1.165) is 6.07 Å². The van der Waals surface area contributed by atoms with Crippen LogP contribution in [0, 0.1) is 17.3 Å². The molecular weight excluding hydrogens is 167 g/mol. The predicted octanol–water partition coefficient (Wildman–Crippen LogP) is 0.674. The average molecular weight is 170 g/mol. The van der Waals surface area contributed by atoms with Crippen LogP contribution in [0.25, 0.3) is 0 Å². The van der Waals surface area contributed by atoms with Crippen LogP contribution in [-0.2, 0) is 0 Å². The number of nitriles is 1. The van der Waals surface area contributed by atoms with Crippen molar-refractivity contribution in [2.45, 2.75) is 4.90 Å². The molecule has 0 amide bonds. The number of H-pyrrole nitrogens is 1. The molecule has 0 fully saturated rings. The Morgan fingerprint density at radius 2 is 2.36 bits per heavy atom. The molecule has 0 saturated heterocycles. The van der Waals surface area contributed by atoms with Crippen molar-refractivity contribution in [2.24, 2.45) is 0 Å². The van der Waals surface area contributed by atoms with E-state index in [1.165, 1.54) is 0 Å². The van der Waals surface area contributed by atoms with E-state index in [0.29, 0.717) is 0 Å². The molecule has 0 unspecified atom stereocenters. The molecule has 0 aliphatic carbocycles. The monoisotopic (exact) mass is 170 g/mol. The van der Waals surface area contributed by atoms with Gasteiger partial charge in [0.25, 0.3) is 5.56 Å². The molecule has 1 rings (SSSR count). The number of aromatic amines is 1. The van der Waals surface area contributed by atoms with Gasteiger partial charge < -0.3 is 0 Å². The van der Waals surface area contributed by atoms with Crippen molar-refractivity contribution < 1.29 is 4.39 Å². The van der Waals surface area contributed by atoms with Crippen LogP contribution >= 0.6 is 12.6 Å². The molecule has 1 heterocycles. The van der Waals surface area contributed by atoms with Crippen LogP contribution in [0.5, 0.6) is 0 Å². The first-order valence-corrected chi connectivity index (χ1v) is 3.11. The Hall–Kier alpha value is -1.28. The van der Waals surface area contributed by atoms with E-state index in [1.54, 1.807) is 6.07 Å². The molecule has 0 aromatic carbocycles. The van der Waals surface area contributed by atoms with Crippen LogP contribution in [-0.4, -0.2) is 4.98 Å². The Bertz CT molecular complexity index is 379. The van der Waals surface area contributed by atoms with Gasteiger partial charge in [-0.1, -0.05) is 0 Å². The van der Waals surface area contributed by atoms with Crippen molar-refractivity contribution in [1.29, 1.82) is 5.26 Å². The number of rotatable bonds is 0. The topological polar surface area (TPSA) is 56.6 Å². The number of halogens is 1. The van der Waals surface area contributed by atoms with E-state index in [2.05, 4.69) is 12.6 Å². The lowest BCUT2D eigenvalue weighted by atomic mass is 10.3. The van der Waals surface area contributed by atoms with E-state index in [-0.39, 0.29) is 10.5 Å². The maximum atomic E-state index is 12.3. The smallest absolute Gasteiger partial charge is 0.269 e. The first-order valence-electron chi connectivity index (χ1n) is 2.67. The fourth-order valence-electron chi connectivity index (χ4n) is 0.624. The van der Waals surface area contributed by atoms with E-state index < -0.39 is 11.5 Å². The van der Waals surface area contributed by atoms with Gasteiger partial charge in [-0.05, 0) is 0 Å². The molecule has 56 valence electrons. The first-order chi connectivity index (χ1) is 5.15. The van der Waals surface area contributed by atoms with Gasteiger partial charge >= 0.3 is 0 Å². The zero-order valence-corrected chi connectivity index (χ0v) is 6.15. The van der Waals surface area contributed by atoms with Crippen molar-refractivity contribution in [3.63, 3.8) is 0 Å². The molecule has 11 heavy (non-hydrogen) atoms. The SMILES string of the molecule is N#Cc1c(S)cc(F)[nH]c1=O. The van der Waals surface area contributed by atoms with Crippen molar-refractivity contribution >= 4 is 12.6 Å². The van der Waals surface area contributed by atoms with Crippen LogP contribution in [0.3, 0.4) is 0 Å². The molecule has 0 bridgehead atoms. The van der Waals surface area contributed by atoms with Crippen LogP contribution in [0.2, 0.25) is 0 Å². The summed E-state index contributed by atoms with van der Waals surface area (Å²) in [5, 5.41) is 8.35. The predicted molar refractivity (Wildman–Crippen MR) is 39.0 cm³/mol. The third-order valence-electron chi connectivity index (χ3n) is 1.09. The largest absolute Gasteiger partial charge is 0.298 e. The lowest BCUT2D eigenvalue weighted by molar-refractivity contribution is 0.574. The molecular formula is C6H3FN2OS. The normalized spacial score (nSPS) is 9.18. The summed E-state index contributed by atoms with van der Waals surface area (Å²) in [5.74, 6) is -0.793. The molecule has 5 heteroatoms. The zero-order valence-electron chi connectivity index (χ0n) is 5.26. The highest BCUT2D eigenvalue weighted by Gasteiger charge is 2.04. The molecule has 1 N–H and O–H groups in total. The number of hydrogen-bond donors (Lipinski definition) is 2. The molecule has 0 spiro atoms. The molecule has 0 aliphatic rings. The summed E-state index contributed by atoms with van der Waals surface area (Å²) in [6.45, 7) is 0. The summed E-state index contributed by atoms with van der Waals surface area (Å²) in [6.07, 6.45) is 0. The molecule has 0 atom stereocenters. The highest BCUT2D eigenvalue weighted by Crippen LogP contribution is 2.07. The number of hydrogen-bond acceptors (Lipinski definition) is 3. The zero-order chi connectivity index (χ0) is 8.43. The summed E-state index contributed by atoms with van der Waals surface area (Å²) in [5.41, 5.74) is -0.924. The minimum Gasteiger partial charge on any atom is -0.298 e. The molecule has 3 nitrogen and oxygen atoms in total. The second-order valence-electron chi connectivity index (χ2n) is 1.82. The van der Waals surface area contributed by atoms with E-state index in [9.17, 15) is 9.18 Å². The van der Waals surface area contributed by atoms with Gasteiger partial charge in [-0.25, -0.2) is 0 Å². The van der Waals surface area contributed by atoms with E-state index in [4.69, 9.17) is 5.26 Å². The van der Waals surface area contributed by atoms with Crippen molar-refractivity contribution in [3.8, 4) is 6.07 Å². The molecule has 1 aromatic rings. The molecule has 0 radical (unpaired) electrons. The first kappa shape index (κ1) is 7.82. The van der Waals surface area contributed by atoms with Gasteiger partial charge in [-0.2, -0.15) is 9.65 Å². The number of pyridine rings is 1. The lowest BCUT2D eigenvalue weighted by Crippen LogP contribution is -2.12. The molecule has 1 aromatic heterocycles. The third kappa shape index (κ3) is 1.41. The van der Waals surface area contributed by atoms with Gasteiger partial charge in [-0.15, -0.1) is 12.6 Å². The Morgan fingerprint density at radius 3 is 2.82 bits per heavy atom. The molecule has 0 aliphatic heterocycles. The van der Waals surface area contributed by atoms with Gasteiger partial charge in [0.15, 0.2) is 5.95 Å². The van der Waals surface area contributed by atoms with E-state index in [1.807, 2.05) is 4.98 Å². The van der Waals surface area contributed by atoms with E-state index >= 15 is 0 Å². The van der Waals surface area contributed by atoms with Crippen molar-refractivity contribution in [3.05, 3.63) is 27.9 Å². The van der Waals surface area contributed by atoms with Crippen molar-refractivity contribution in [2.75, 3.05) is 0 Å². The van der Waals surface area contributed by atoms with Gasteiger partial charge in [0, 0.05) is 11.0 Å². The highest BCUT2D eigenvalue weighted by molar-refractivity contribution is 7.80. The summed E-state index contributed by atoms with van der Waals surface area (Å²) < 4.78 is 12.3. The van der Waals surface area contributed by atoms with Crippen LogP contribution in [0.1, 0.15) is 5.56 Å². The summed E-state index contributed by atoms with van der Waals surface area (Å²) in [7, 11) is 0.